The number of nitrogens with zero attached hydrogens (tertiary/aromatic N) is 4. The van der Waals surface area contributed by atoms with Gasteiger partial charge in [-0.1, -0.05) is 66.2 Å². The third-order valence-electron chi connectivity index (χ3n) is 6.49. The number of halogens is 1. The zero-order valence-electron chi connectivity index (χ0n) is 18.9. The number of anilines is 1. The molecule has 5 nitrogen and oxygen atoms in total. The number of aromatic nitrogens is 2. The molecule has 3 aromatic carbocycles. The molecule has 0 bridgehead atoms. The highest BCUT2D eigenvalue weighted by atomic mass is 35.5. The van der Waals surface area contributed by atoms with Crippen LogP contribution in [0.4, 0.5) is 5.69 Å². The lowest BCUT2D eigenvalue weighted by molar-refractivity contribution is 0.188. The molecular formula is C27H27ClN4O. The summed E-state index contributed by atoms with van der Waals surface area (Å²) in [5, 5.41) is 9.39. The maximum Gasteiger partial charge on any atom is 0.249 e. The Hall–Kier alpha value is -3.15. The number of rotatable bonds is 5. The molecule has 0 saturated carbocycles. The molecule has 5 rings (SSSR count). The second-order valence-electron chi connectivity index (χ2n) is 8.48. The lowest BCUT2D eigenvalue weighted by Crippen LogP contribution is -2.48. The molecule has 2 heterocycles. The second kappa shape index (κ2) is 9.38. The molecule has 1 aliphatic rings. The molecule has 1 fully saturated rings. The molecule has 6 heteroatoms. The van der Waals surface area contributed by atoms with E-state index in [1.165, 1.54) is 16.8 Å². The second-order valence-corrected chi connectivity index (χ2v) is 8.89. The molecule has 0 N–H and O–H groups in total. The van der Waals surface area contributed by atoms with Crippen molar-refractivity contribution in [2.75, 3.05) is 31.1 Å². The Morgan fingerprint density at radius 1 is 0.818 bits per heavy atom. The Kier molecular flexibility index (Phi) is 6.16. The van der Waals surface area contributed by atoms with E-state index in [0.717, 1.165) is 37.3 Å². The van der Waals surface area contributed by atoms with E-state index in [4.69, 9.17) is 16.0 Å². The fraction of sp³-hybridized carbons (Fsp3) is 0.259. The zero-order chi connectivity index (χ0) is 22.8. The van der Waals surface area contributed by atoms with Crippen molar-refractivity contribution in [2.45, 2.75) is 19.9 Å². The topological polar surface area (TPSA) is 45.4 Å². The third kappa shape index (κ3) is 4.39. The maximum atomic E-state index is 6.37. The van der Waals surface area contributed by atoms with Crippen LogP contribution >= 0.6 is 11.6 Å². The maximum absolute atomic E-state index is 6.37. The zero-order valence-corrected chi connectivity index (χ0v) is 19.7. The number of aryl methyl sites for hydroxylation is 1. The molecule has 0 spiro atoms. The van der Waals surface area contributed by atoms with E-state index in [-0.39, 0.29) is 6.04 Å². The van der Waals surface area contributed by atoms with Gasteiger partial charge >= 0.3 is 0 Å². The summed E-state index contributed by atoms with van der Waals surface area (Å²) < 4.78 is 6.20. The first kappa shape index (κ1) is 21.7. The van der Waals surface area contributed by atoms with Gasteiger partial charge in [-0.3, -0.25) is 4.90 Å². The van der Waals surface area contributed by atoms with Gasteiger partial charge in [0.05, 0.1) is 10.6 Å². The van der Waals surface area contributed by atoms with Gasteiger partial charge in [0.15, 0.2) is 0 Å². The van der Waals surface area contributed by atoms with Gasteiger partial charge in [-0.25, -0.2) is 0 Å². The average Bonchev–Trinajstić information content (AvgIpc) is 3.32. The van der Waals surface area contributed by atoms with Crippen LogP contribution in [0.15, 0.2) is 77.2 Å². The molecule has 4 aromatic rings. The molecule has 0 unspecified atom stereocenters. The normalized spacial score (nSPS) is 15.5. The quantitative estimate of drug-likeness (QED) is 0.371. The molecule has 168 valence electrons. The van der Waals surface area contributed by atoms with Crippen LogP contribution in [0.3, 0.4) is 0 Å². The van der Waals surface area contributed by atoms with Crippen molar-refractivity contribution >= 4 is 17.3 Å². The summed E-state index contributed by atoms with van der Waals surface area (Å²) in [6.07, 6.45) is 0. The minimum atomic E-state index is -0.101. The van der Waals surface area contributed by atoms with E-state index in [1.54, 1.807) is 0 Å². The average molecular weight is 459 g/mol. The van der Waals surface area contributed by atoms with E-state index in [2.05, 4.69) is 76.3 Å². The summed E-state index contributed by atoms with van der Waals surface area (Å²) in [6.45, 7) is 8.07. The van der Waals surface area contributed by atoms with E-state index in [0.29, 0.717) is 16.8 Å². The SMILES string of the molecule is Cc1cccc(N2CCN([C@H](c3ccccc3)c3nnc(-c4ccccc4Cl)o3)CC2)c1C. The first-order chi connectivity index (χ1) is 16.1. The van der Waals surface area contributed by atoms with Gasteiger partial charge in [0.25, 0.3) is 0 Å². The number of benzene rings is 3. The van der Waals surface area contributed by atoms with E-state index < -0.39 is 0 Å². The van der Waals surface area contributed by atoms with Crippen molar-refractivity contribution in [3.63, 3.8) is 0 Å². The number of piperazine rings is 1. The fourth-order valence-corrected chi connectivity index (χ4v) is 4.75. The van der Waals surface area contributed by atoms with E-state index in [9.17, 15) is 0 Å². The smallest absolute Gasteiger partial charge is 0.249 e. The first-order valence-corrected chi connectivity index (χ1v) is 11.7. The van der Waals surface area contributed by atoms with Crippen molar-refractivity contribution < 1.29 is 4.42 Å². The Labute approximate surface area is 199 Å². The Morgan fingerprint density at radius 2 is 1.55 bits per heavy atom. The van der Waals surface area contributed by atoms with E-state index in [1.807, 2.05) is 30.3 Å². The Balaban J connectivity index is 1.42. The Morgan fingerprint density at radius 3 is 2.30 bits per heavy atom. The summed E-state index contributed by atoms with van der Waals surface area (Å²) in [7, 11) is 0. The van der Waals surface area contributed by atoms with Gasteiger partial charge < -0.3 is 9.32 Å². The summed E-state index contributed by atoms with van der Waals surface area (Å²) in [5.74, 6) is 1.04. The summed E-state index contributed by atoms with van der Waals surface area (Å²) >= 11 is 6.37. The van der Waals surface area contributed by atoms with Crippen molar-refractivity contribution in [1.82, 2.24) is 15.1 Å². The molecule has 33 heavy (non-hydrogen) atoms. The standard InChI is InChI=1S/C27H27ClN4O/c1-19-9-8-14-24(20(19)2)31-15-17-32(18-16-31)25(21-10-4-3-5-11-21)27-30-29-26(33-27)22-12-6-7-13-23(22)28/h3-14,25H,15-18H2,1-2H3/t25-/m1/s1. The molecule has 0 radical (unpaired) electrons. The summed E-state index contributed by atoms with van der Waals surface area (Å²) in [5.41, 5.74) is 5.91. The molecule has 0 aliphatic carbocycles. The fourth-order valence-electron chi connectivity index (χ4n) is 4.53. The van der Waals surface area contributed by atoms with Gasteiger partial charge in [-0.15, -0.1) is 10.2 Å². The molecule has 1 aliphatic heterocycles. The highest BCUT2D eigenvalue weighted by molar-refractivity contribution is 6.33. The van der Waals surface area contributed by atoms with Crippen LogP contribution < -0.4 is 4.90 Å². The van der Waals surface area contributed by atoms with Gasteiger partial charge in [0.2, 0.25) is 11.8 Å². The molecule has 1 aromatic heterocycles. The highest BCUT2D eigenvalue weighted by Gasteiger charge is 2.31. The van der Waals surface area contributed by atoms with Crippen LogP contribution in [-0.4, -0.2) is 41.3 Å². The largest absolute Gasteiger partial charge is 0.419 e. The van der Waals surface area contributed by atoms with Crippen molar-refractivity contribution in [3.05, 3.63) is 100 Å². The predicted molar refractivity (Wildman–Crippen MR) is 133 cm³/mol. The number of hydrogen-bond acceptors (Lipinski definition) is 5. The van der Waals surface area contributed by atoms with Gasteiger partial charge in [0, 0.05) is 31.9 Å². The molecule has 1 atom stereocenters. The minimum absolute atomic E-state index is 0.101. The first-order valence-electron chi connectivity index (χ1n) is 11.3. The van der Waals surface area contributed by atoms with E-state index >= 15 is 0 Å². The van der Waals surface area contributed by atoms with Crippen molar-refractivity contribution in [1.29, 1.82) is 0 Å². The van der Waals surface area contributed by atoms with Gasteiger partial charge in [0.1, 0.15) is 6.04 Å². The molecule has 0 amide bonds. The summed E-state index contributed by atoms with van der Waals surface area (Å²) in [6, 6.07) is 24.4. The van der Waals surface area contributed by atoms with Crippen molar-refractivity contribution in [3.8, 4) is 11.5 Å². The predicted octanol–water partition coefficient (Wildman–Crippen LogP) is 5.92. The third-order valence-corrected chi connectivity index (χ3v) is 6.82. The van der Waals surface area contributed by atoms with Crippen LogP contribution in [0.1, 0.15) is 28.6 Å². The number of hydrogen-bond donors (Lipinski definition) is 0. The molecular weight excluding hydrogens is 432 g/mol. The molecule has 1 saturated heterocycles. The Bertz CT molecular complexity index is 1230. The van der Waals surface area contributed by atoms with Crippen LogP contribution in [0.5, 0.6) is 0 Å². The van der Waals surface area contributed by atoms with Gasteiger partial charge in [-0.2, -0.15) is 0 Å². The van der Waals surface area contributed by atoms with Gasteiger partial charge in [-0.05, 0) is 48.7 Å². The van der Waals surface area contributed by atoms with Crippen LogP contribution in [0.25, 0.3) is 11.5 Å². The van der Waals surface area contributed by atoms with Crippen LogP contribution in [0.2, 0.25) is 5.02 Å². The summed E-state index contributed by atoms with van der Waals surface area (Å²) in [4.78, 5) is 4.91. The highest BCUT2D eigenvalue weighted by Crippen LogP contribution is 2.33. The van der Waals surface area contributed by atoms with Crippen LogP contribution in [-0.2, 0) is 0 Å². The van der Waals surface area contributed by atoms with Crippen LogP contribution in [0, 0.1) is 13.8 Å². The lowest BCUT2D eigenvalue weighted by atomic mass is 10.0. The lowest BCUT2D eigenvalue weighted by Gasteiger charge is -2.39. The minimum Gasteiger partial charge on any atom is -0.419 e. The monoisotopic (exact) mass is 458 g/mol. The van der Waals surface area contributed by atoms with Crippen molar-refractivity contribution in [2.24, 2.45) is 0 Å².